The van der Waals surface area contributed by atoms with E-state index in [-0.39, 0.29) is 49.4 Å². The number of benzene rings is 2. The highest BCUT2D eigenvalue weighted by Crippen LogP contribution is 2.27. The van der Waals surface area contributed by atoms with E-state index in [1.54, 1.807) is 25.2 Å². The van der Waals surface area contributed by atoms with Gasteiger partial charge < -0.3 is 41.1 Å². The second-order valence-electron chi connectivity index (χ2n) is 11.8. The molecule has 4 rings (SSSR count). The summed E-state index contributed by atoms with van der Waals surface area (Å²) in [4.78, 5) is 50.7. The SMILES string of the molecule is CN(C/C(=N\OC/C(N)=N/O)C(CCN1CCC(N2CCCN(CC(N)=O)C2=O)CC1)c1ccccc1)C(=O)c1cc(Cl)cc(Cl)c1. The predicted molar refractivity (Wildman–Crippen MR) is 181 cm³/mol. The Balaban J connectivity index is 1.47. The molecule has 0 bridgehead atoms. The molecule has 0 aliphatic carbocycles. The number of hydrogen-bond donors (Lipinski definition) is 3. The topological polar surface area (TPSA) is 170 Å². The van der Waals surface area contributed by atoms with Crippen LogP contribution in [0.15, 0.2) is 58.8 Å². The van der Waals surface area contributed by atoms with Crippen LogP contribution >= 0.6 is 23.2 Å². The monoisotopic (exact) mass is 688 g/mol. The average Bonchev–Trinajstić information content (AvgIpc) is 3.05. The maximum absolute atomic E-state index is 13.4. The predicted octanol–water partition coefficient (Wildman–Crippen LogP) is 3.44. The molecule has 13 nitrogen and oxygen atoms in total. The number of amidine groups is 1. The first kappa shape index (κ1) is 35.8. The molecule has 1 atom stereocenters. The molecule has 15 heteroatoms. The van der Waals surface area contributed by atoms with Gasteiger partial charge in [0.05, 0.1) is 12.3 Å². The number of carbonyl (C=O) groups is 3. The molecule has 2 aromatic carbocycles. The molecule has 0 spiro atoms. The Labute approximate surface area is 284 Å². The number of nitrogens with zero attached hydrogens (tertiary/aromatic N) is 6. The first-order valence-corrected chi connectivity index (χ1v) is 16.3. The summed E-state index contributed by atoms with van der Waals surface area (Å²) in [7, 11) is 1.66. The van der Waals surface area contributed by atoms with Crippen molar-refractivity contribution in [2.24, 2.45) is 21.8 Å². The molecule has 2 aromatic rings. The van der Waals surface area contributed by atoms with Crippen LogP contribution in [0, 0.1) is 0 Å². The molecule has 47 heavy (non-hydrogen) atoms. The summed E-state index contributed by atoms with van der Waals surface area (Å²) in [5.41, 5.74) is 12.9. The third kappa shape index (κ3) is 10.2. The fourth-order valence-electron chi connectivity index (χ4n) is 6.08. The van der Waals surface area contributed by atoms with Gasteiger partial charge in [0, 0.05) is 60.8 Å². The fourth-order valence-corrected chi connectivity index (χ4v) is 6.61. The van der Waals surface area contributed by atoms with E-state index in [1.807, 2.05) is 35.2 Å². The van der Waals surface area contributed by atoms with E-state index in [4.69, 9.17) is 44.7 Å². The van der Waals surface area contributed by atoms with Crippen molar-refractivity contribution in [3.8, 4) is 0 Å². The van der Waals surface area contributed by atoms with Crippen molar-refractivity contribution < 1.29 is 24.4 Å². The molecule has 2 aliphatic heterocycles. The number of urea groups is 1. The van der Waals surface area contributed by atoms with Gasteiger partial charge in [-0.2, -0.15) is 0 Å². The third-order valence-corrected chi connectivity index (χ3v) is 8.84. The molecule has 2 fully saturated rings. The number of rotatable bonds is 14. The number of hydrogen-bond acceptors (Lipinski definition) is 8. The summed E-state index contributed by atoms with van der Waals surface area (Å²) in [6.45, 7) is 3.37. The zero-order chi connectivity index (χ0) is 33.9. The number of carbonyl (C=O) groups excluding carboxylic acids is 3. The van der Waals surface area contributed by atoms with E-state index < -0.39 is 5.91 Å². The van der Waals surface area contributed by atoms with E-state index >= 15 is 0 Å². The number of primary amides is 1. The summed E-state index contributed by atoms with van der Waals surface area (Å²) in [5, 5.41) is 17.0. The lowest BCUT2D eigenvalue weighted by molar-refractivity contribution is -0.119. The molecule has 0 saturated carbocycles. The Kier molecular flexibility index (Phi) is 13.1. The van der Waals surface area contributed by atoms with Crippen molar-refractivity contribution >= 4 is 52.6 Å². The fraction of sp³-hybridized carbons (Fsp3) is 0.469. The van der Waals surface area contributed by atoms with Gasteiger partial charge >= 0.3 is 6.03 Å². The highest BCUT2D eigenvalue weighted by atomic mass is 35.5. The van der Waals surface area contributed by atoms with Gasteiger partial charge in [-0.1, -0.05) is 63.8 Å². The molecule has 5 N–H and O–H groups in total. The zero-order valence-electron chi connectivity index (χ0n) is 26.4. The van der Waals surface area contributed by atoms with Gasteiger partial charge in [0.1, 0.15) is 6.54 Å². The van der Waals surface area contributed by atoms with Gasteiger partial charge in [-0.25, -0.2) is 4.79 Å². The minimum Gasteiger partial charge on any atom is -0.409 e. The minimum atomic E-state index is -0.509. The summed E-state index contributed by atoms with van der Waals surface area (Å²) in [6.07, 6.45) is 3.10. The highest BCUT2D eigenvalue weighted by Gasteiger charge is 2.34. The quantitative estimate of drug-likeness (QED) is 0.118. The van der Waals surface area contributed by atoms with E-state index in [1.165, 1.54) is 9.80 Å². The Morgan fingerprint density at radius 2 is 1.74 bits per heavy atom. The lowest BCUT2D eigenvalue weighted by Gasteiger charge is -2.43. The lowest BCUT2D eigenvalue weighted by Crippen LogP contribution is -2.57. The Bertz CT molecular complexity index is 1430. The molecule has 0 aromatic heterocycles. The van der Waals surface area contributed by atoms with Crippen LogP contribution in [0.4, 0.5) is 4.79 Å². The first-order chi connectivity index (χ1) is 22.5. The molecular weight excluding hydrogens is 647 g/mol. The standard InChI is InChI=1S/C32H42Cl2N8O5/c1-39(31(44)23-16-24(33)18-25(34)17-23)19-28(38-47-21-29(35)37-46)27(22-6-3-2-4-7-22)10-15-40-13-8-26(9-14-40)42-12-5-11-41(32(42)45)20-30(36)43/h2-4,6-7,16-18,26-27,46H,5,8-15,19-21H2,1H3,(H2,35,37)(H2,36,43)/b38-28+. The van der Waals surface area contributed by atoms with E-state index in [9.17, 15) is 14.4 Å². The third-order valence-electron chi connectivity index (χ3n) is 8.40. The molecule has 4 amide bonds. The average molecular weight is 690 g/mol. The van der Waals surface area contributed by atoms with Crippen LogP contribution in [0.1, 0.15) is 47.5 Å². The van der Waals surface area contributed by atoms with Gasteiger partial charge in [-0.15, -0.1) is 0 Å². The van der Waals surface area contributed by atoms with Gasteiger partial charge in [-0.3, -0.25) is 9.59 Å². The largest absolute Gasteiger partial charge is 0.409 e. The van der Waals surface area contributed by atoms with E-state index in [0.717, 1.165) is 44.5 Å². The maximum Gasteiger partial charge on any atom is 0.320 e. The van der Waals surface area contributed by atoms with Gasteiger partial charge in [0.25, 0.3) is 5.91 Å². The maximum atomic E-state index is 13.4. The van der Waals surface area contributed by atoms with E-state index in [2.05, 4.69) is 15.2 Å². The normalized spacial score (nSPS) is 17.5. The van der Waals surface area contributed by atoms with Crippen molar-refractivity contribution in [1.82, 2.24) is 19.6 Å². The molecule has 254 valence electrons. The minimum absolute atomic E-state index is 0.0598. The number of halogens is 2. The molecular formula is C32H42Cl2N8O5. The summed E-state index contributed by atoms with van der Waals surface area (Å²) < 4.78 is 0. The molecule has 2 saturated heterocycles. The molecule has 2 aliphatic rings. The lowest BCUT2D eigenvalue weighted by atomic mass is 9.89. The Morgan fingerprint density at radius 1 is 1.06 bits per heavy atom. The Hall–Kier alpha value is -4.07. The summed E-state index contributed by atoms with van der Waals surface area (Å²) in [5.74, 6) is -1.18. The van der Waals surface area contributed by atoms with Gasteiger partial charge in [-0.05, 0) is 56.0 Å². The van der Waals surface area contributed by atoms with Crippen molar-refractivity contribution in [3.05, 3.63) is 69.7 Å². The van der Waals surface area contributed by atoms with Crippen LogP contribution in [0.25, 0.3) is 0 Å². The first-order valence-electron chi connectivity index (χ1n) is 15.5. The molecule has 1 unspecified atom stereocenters. The van der Waals surface area contributed by atoms with Crippen molar-refractivity contribution in [3.63, 3.8) is 0 Å². The zero-order valence-corrected chi connectivity index (χ0v) is 27.9. The molecule has 2 heterocycles. The van der Waals surface area contributed by atoms with Crippen LogP contribution in [0.3, 0.4) is 0 Å². The number of piperidine rings is 1. The van der Waals surface area contributed by atoms with Gasteiger partial charge in [0.15, 0.2) is 12.4 Å². The highest BCUT2D eigenvalue weighted by molar-refractivity contribution is 6.35. The van der Waals surface area contributed by atoms with Crippen molar-refractivity contribution in [2.45, 2.75) is 37.6 Å². The number of likely N-dealkylation sites (tertiary alicyclic amines) is 1. The van der Waals surface area contributed by atoms with Crippen LogP contribution in [-0.4, -0.2) is 120 Å². The molecule has 0 radical (unpaired) electrons. The summed E-state index contributed by atoms with van der Waals surface area (Å²) in [6, 6.07) is 14.5. The van der Waals surface area contributed by atoms with Crippen LogP contribution in [0.2, 0.25) is 10.0 Å². The van der Waals surface area contributed by atoms with E-state index in [0.29, 0.717) is 40.8 Å². The Morgan fingerprint density at radius 3 is 2.38 bits per heavy atom. The van der Waals surface area contributed by atoms with Crippen LogP contribution in [0.5, 0.6) is 0 Å². The van der Waals surface area contributed by atoms with Crippen LogP contribution in [-0.2, 0) is 9.63 Å². The second-order valence-corrected chi connectivity index (χ2v) is 12.7. The van der Waals surface area contributed by atoms with Crippen molar-refractivity contribution in [1.29, 1.82) is 0 Å². The smallest absolute Gasteiger partial charge is 0.320 e. The number of nitrogens with two attached hydrogens (primary N) is 2. The second kappa shape index (κ2) is 17.2. The van der Waals surface area contributed by atoms with Gasteiger partial charge in [0.2, 0.25) is 5.91 Å². The van der Waals surface area contributed by atoms with Crippen molar-refractivity contribution in [2.75, 3.05) is 59.5 Å². The number of oxime groups is 2. The number of amides is 4. The van der Waals surface area contributed by atoms with Crippen LogP contribution < -0.4 is 11.5 Å². The summed E-state index contributed by atoms with van der Waals surface area (Å²) >= 11 is 12.3.